The molecule has 21 heavy (non-hydrogen) atoms. The Labute approximate surface area is 128 Å². The van der Waals surface area contributed by atoms with Crippen LogP contribution in [0.1, 0.15) is 24.5 Å². The summed E-state index contributed by atoms with van der Waals surface area (Å²) < 4.78 is 5.60. The van der Waals surface area contributed by atoms with Crippen LogP contribution in [0.2, 0.25) is 0 Å². The lowest BCUT2D eigenvalue weighted by molar-refractivity contribution is -0.118. The zero-order valence-electron chi connectivity index (χ0n) is 12.5. The molecule has 0 aliphatic rings. The second-order valence-corrected chi connectivity index (χ2v) is 5.81. The number of carbonyl (C=O) groups excluding carboxylic acids is 1. The van der Waals surface area contributed by atoms with Crippen molar-refractivity contribution < 1.29 is 9.21 Å². The number of carbonyl (C=O) groups is 1. The molecule has 112 valence electrons. The molecule has 5 nitrogen and oxygen atoms in total. The average Bonchev–Trinajstić information content (AvgIpc) is 2.90. The van der Waals surface area contributed by atoms with Gasteiger partial charge in [0.2, 0.25) is 11.8 Å². The van der Waals surface area contributed by atoms with Crippen LogP contribution in [0.15, 0.2) is 27.8 Å². The first-order valence-corrected chi connectivity index (χ1v) is 7.88. The van der Waals surface area contributed by atoms with Crippen molar-refractivity contribution in [3.05, 3.63) is 29.3 Å². The molecule has 2 aromatic rings. The molecule has 2 rings (SSSR count). The van der Waals surface area contributed by atoms with Gasteiger partial charge < -0.3 is 9.73 Å². The highest BCUT2D eigenvalue weighted by Crippen LogP contribution is 2.24. The predicted octanol–water partition coefficient (Wildman–Crippen LogP) is 2.97. The lowest BCUT2D eigenvalue weighted by atomic mass is 10.1. The highest BCUT2D eigenvalue weighted by atomic mass is 32.2. The predicted molar refractivity (Wildman–Crippen MR) is 83.2 cm³/mol. The van der Waals surface area contributed by atoms with Crippen molar-refractivity contribution in [2.24, 2.45) is 0 Å². The van der Waals surface area contributed by atoms with Crippen LogP contribution in [0.25, 0.3) is 11.5 Å². The van der Waals surface area contributed by atoms with Gasteiger partial charge in [0.25, 0.3) is 5.22 Å². The Hall–Kier alpha value is -1.82. The molecule has 0 radical (unpaired) electrons. The topological polar surface area (TPSA) is 68.0 Å². The van der Waals surface area contributed by atoms with Crippen molar-refractivity contribution in [3.8, 4) is 11.5 Å². The van der Waals surface area contributed by atoms with Gasteiger partial charge >= 0.3 is 0 Å². The molecule has 1 N–H and O–H groups in total. The molecule has 1 aromatic carbocycles. The molecule has 0 saturated heterocycles. The lowest BCUT2D eigenvalue weighted by Gasteiger charge is -2.01. The van der Waals surface area contributed by atoms with E-state index in [0.29, 0.717) is 17.7 Å². The van der Waals surface area contributed by atoms with Gasteiger partial charge in [0.15, 0.2) is 0 Å². The molecule has 1 heterocycles. The van der Waals surface area contributed by atoms with Crippen LogP contribution in [0, 0.1) is 13.8 Å². The molecule has 1 aromatic heterocycles. The Bertz CT molecular complexity index is 605. The SMILES string of the molecule is CCCNC(=O)CSc1nnc(-c2cc(C)cc(C)c2)o1. The molecular weight excluding hydrogens is 286 g/mol. The number of nitrogens with zero attached hydrogens (tertiary/aromatic N) is 2. The summed E-state index contributed by atoms with van der Waals surface area (Å²) >= 11 is 1.25. The fourth-order valence-corrected chi connectivity index (χ4v) is 2.52. The molecule has 0 fully saturated rings. The zero-order chi connectivity index (χ0) is 15.2. The molecular formula is C15H19N3O2S. The zero-order valence-corrected chi connectivity index (χ0v) is 13.3. The van der Waals surface area contributed by atoms with Crippen LogP contribution in [0.5, 0.6) is 0 Å². The Kier molecular flexibility index (Phi) is 5.38. The second-order valence-electron chi connectivity index (χ2n) is 4.89. The van der Waals surface area contributed by atoms with Gasteiger partial charge in [0, 0.05) is 12.1 Å². The van der Waals surface area contributed by atoms with E-state index in [1.54, 1.807) is 0 Å². The standard InChI is InChI=1S/C15H19N3O2S/c1-4-5-16-13(19)9-21-15-18-17-14(20-15)12-7-10(2)6-11(3)8-12/h6-8H,4-5,9H2,1-3H3,(H,16,19). The molecule has 1 amide bonds. The van der Waals surface area contributed by atoms with Crippen molar-refractivity contribution in [1.82, 2.24) is 15.5 Å². The monoisotopic (exact) mass is 305 g/mol. The molecule has 0 aliphatic carbocycles. The van der Waals surface area contributed by atoms with Crippen LogP contribution in [0.3, 0.4) is 0 Å². The van der Waals surface area contributed by atoms with E-state index < -0.39 is 0 Å². The Morgan fingerprint density at radius 1 is 1.24 bits per heavy atom. The van der Waals surface area contributed by atoms with Gasteiger partial charge in [0.1, 0.15) is 0 Å². The summed E-state index contributed by atoms with van der Waals surface area (Å²) in [5.41, 5.74) is 3.20. The van der Waals surface area contributed by atoms with E-state index in [0.717, 1.165) is 23.1 Å². The molecule has 0 unspecified atom stereocenters. The Morgan fingerprint density at radius 3 is 2.62 bits per heavy atom. The van der Waals surface area contributed by atoms with E-state index in [-0.39, 0.29) is 11.7 Å². The maximum absolute atomic E-state index is 11.5. The number of benzene rings is 1. The maximum Gasteiger partial charge on any atom is 0.277 e. The molecule has 6 heteroatoms. The molecule has 0 atom stereocenters. The Balaban J connectivity index is 1.99. The van der Waals surface area contributed by atoms with Crippen LogP contribution < -0.4 is 5.32 Å². The van der Waals surface area contributed by atoms with Gasteiger partial charge in [-0.15, -0.1) is 10.2 Å². The summed E-state index contributed by atoms with van der Waals surface area (Å²) in [6.07, 6.45) is 0.924. The largest absolute Gasteiger partial charge is 0.411 e. The van der Waals surface area contributed by atoms with Gasteiger partial charge in [-0.1, -0.05) is 35.9 Å². The number of aryl methyl sites for hydroxylation is 2. The first-order chi connectivity index (χ1) is 10.1. The van der Waals surface area contributed by atoms with Crippen molar-refractivity contribution in [3.63, 3.8) is 0 Å². The number of hydrogen-bond acceptors (Lipinski definition) is 5. The normalized spacial score (nSPS) is 10.6. The van der Waals surface area contributed by atoms with E-state index in [2.05, 4.69) is 21.6 Å². The van der Waals surface area contributed by atoms with E-state index in [1.807, 2.05) is 32.9 Å². The van der Waals surface area contributed by atoms with Gasteiger partial charge in [-0.3, -0.25) is 4.79 Å². The minimum Gasteiger partial charge on any atom is -0.411 e. The van der Waals surface area contributed by atoms with E-state index in [9.17, 15) is 4.79 Å². The highest BCUT2D eigenvalue weighted by molar-refractivity contribution is 7.99. The smallest absolute Gasteiger partial charge is 0.277 e. The average molecular weight is 305 g/mol. The van der Waals surface area contributed by atoms with Gasteiger partial charge in [-0.05, 0) is 32.4 Å². The maximum atomic E-state index is 11.5. The van der Waals surface area contributed by atoms with E-state index in [1.165, 1.54) is 11.8 Å². The summed E-state index contributed by atoms with van der Waals surface area (Å²) in [5.74, 6) is 0.750. The number of hydrogen-bond donors (Lipinski definition) is 1. The summed E-state index contributed by atoms with van der Waals surface area (Å²) in [4.78, 5) is 11.5. The van der Waals surface area contributed by atoms with Crippen LogP contribution >= 0.6 is 11.8 Å². The van der Waals surface area contributed by atoms with Gasteiger partial charge in [-0.2, -0.15) is 0 Å². The quantitative estimate of drug-likeness (QED) is 0.831. The first-order valence-electron chi connectivity index (χ1n) is 6.90. The number of thioether (sulfide) groups is 1. The number of aromatic nitrogens is 2. The summed E-state index contributed by atoms with van der Waals surface area (Å²) in [5, 5.41) is 11.2. The number of amides is 1. The second kappa shape index (κ2) is 7.26. The minimum absolute atomic E-state index is 0.0204. The van der Waals surface area contributed by atoms with Crippen LogP contribution in [-0.4, -0.2) is 28.4 Å². The van der Waals surface area contributed by atoms with E-state index in [4.69, 9.17) is 4.42 Å². The highest BCUT2D eigenvalue weighted by Gasteiger charge is 2.11. The third-order valence-corrected chi connectivity index (χ3v) is 3.59. The van der Waals surface area contributed by atoms with Crippen LogP contribution in [0.4, 0.5) is 0 Å². The summed E-state index contributed by atoms with van der Waals surface area (Å²) in [6, 6.07) is 6.10. The summed E-state index contributed by atoms with van der Waals surface area (Å²) in [6.45, 7) is 6.76. The van der Waals surface area contributed by atoms with Crippen LogP contribution in [-0.2, 0) is 4.79 Å². The number of nitrogens with one attached hydrogen (secondary N) is 1. The lowest BCUT2D eigenvalue weighted by Crippen LogP contribution is -2.25. The minimum atomic E-state index is -0.0204. The Morgan fingerprint density at radius 2 is 1.95 bits per heavy atom. The van der Waals surface area contributed by atoms with Gasteiger partial charge in [0.05, 0.1) is 5.75 Å². The fourth-order valence-electron chi connectivity index (χ4n) is 1.93. The molecule has 0 aliphatic heterocycles. The van der Waals surface area contributed by atoms with Crippen molar-refractivity contribution >= 4 is 17.7 Å². The third kappa shape index (κ3) is 4.60. The van der Waals surface area contributed by atoms with Crippen molar-refractivity contribution in [1.29, 1.82) is 0 Å². The van der Waals surface area contributed by atoms with Gasteiger partial charge in [-0.25, -0.2) is 0 Å². The van der Waals surface area contributed by atoms with Crippen molar-refractivity contribution in [2.75, 3.05) is 12.3 Å². The molecule has 0 saturated carbocycles. The molecule has 0 spiro atoms. The third-order valence-electron chi connectivity index (χ3n) is 2.77. The summed E-state index contributed by atoms with van der Waals surface area (Å²) in [7, 11) is 0. The first kappa shape index (κ1) is 15.6. The number of rotatable bonds is 6. The van der Waals surface area contributed by atoms with E-state index >= 15 is 0 Å². The fraction of sp³-hybridized carbons (Fsp3) is 0.400. The van der Waals surface area contributed by atoms with Crippen molar-refractivity contribution in [2.45, 2.75) is 32.4 Å². The molecule has 0 bridgehead atoms.